The molecule has 238 valence electrons. The number of unbranched alkanes of at least 4 members (excludes halogenated alkanes) is 1. The van der Waals surface area contributed by atoms with Gasteiger partial charge in [-0.15, -0.1) is 5.06 Å². The number of likely N-dealkylation sites (N-methyl/N-ethyl adjacent to an activating group) is 1. The molecule has 3 saturated heterocycles. The highest BCUT2D eigenvalue weighted by atomic mass is 32.2. The molecule has 0 bridgehead atoms. The monoisotopic (exact) mass is 615 g/mol. The molecule has 3 rings (SSSR count). The van der Waals surface area contributed by atoms with Crippen molar-refractivity contribution in [1.82, 2.24) is 15.3 Å². The maximum atomic E-state index is 12.2. The zero-order valence-corrected chi connectivity index (χ0v) is 25.4. The van der Waals surface area contributed by atoms with E-state index in [0.717, 1.165) is 31.6 Å². The summed E-state index contributed by atoms with van der Waals surface area (Å²) in [7, 11) is 0. The van der Waals surface area contributed by atoms with Crippen molar-refractivity contribution < 1.29 is 47.8 Å². The van der Waals surface area contributed by atoms with Crippen molar-refractivity contribution in [2.45, 2.75) is 82.0 Å². The molecule has 42 heavy (non-hydrogen) atoms. The molecule has 0 aromatic heterocycles. The third kappa shape index (κ3) is 11.4. The quantitative estimate of drug-likeness (QED) is 0.102. The van der Waals surface area contributed by atoms with Gasteiger partial charge in [0.15, 0.2) is 0 Å². The molecule has 4 amide bonds. The van der Waals surface area contributed by atoms with Gasteiger partial charge in [0.2, 0.25) is 0 Å². The second kappa shape index (κ2) is 19.1. The number of hydroxylamine groups is 2. The van der Waals surface area contributed by atoms with Crippen LogP contribution in [0.5, 0.6) is 0 Å². The van der Waals surface area contributed by atoms with Gasteiger partial charge in [0, 0.05) is 49.8 Å². The van der Waals surface area contributed by atoms with E-state index in [4.69, 9.17) is 23.8 Å². The first-order valence-electron chi connectivity index (χ1n) is 15.0. The van der Waals surface area contributed by atoms with E-state index in [1.165, 1.54) is 0 Å². The van der Waals surface area contributed by atoms with Crippen LogP contribution in [0.2, 0.25) is 0 Å². The van der Waals surface area contributed by atoms with Crippen molar-refractivity contribution in [1.29, 1.82) is 0 Å². The van der Waals surface area contributed by atoms with Gasteiger partial charge in [0.1, 0.15) is 5.78 Å². The van der Waals surface area contributed by atoms with E-state index >= 15 is 0 Å². The number of nitrogens with one attached hydrogen (secondary N) is 1. The summed E-state index contributed by atoms with van der Waals surface area (Å²) in [6.45, 7) is 5.71. The van der Waals surface area contributed by atoms with Gasteiger partial charge in [-0.05, 0) is 26.2 Å². The van der Waals surface area contributed by atoms with Crippen LogP contribution in [-0.2, 0) is 43.0 Å². The summed E-state index contributed by atoms with van der Waals surface area (Å²) in [6.07, 6.45) is 4.82. The highest BCUT2D eigenvalue weighted by Gasteiger charge is 2.47. The Labute approximate surface area is 251 Å². The lowest BCUT2D eigenvalue weighted by Crippen LogP contribution is -2.40. The number of amides is 4. The van der Waals surface area contributed by atoms with Gasteiger partial charge in [-0.3, -0.25) is 14.4 Å². The third-order valence-electron chi connectivity index (χ3n) is 7.26. The molecular weight excluding hydrogens is 570 g/mol. The molecule has 0 aromatic rings. The van der Waals surface area contributed by atoms with E-state index in [1.54, 1.807) is 0 Å². The maximum Gasteiger partial charge on any atom is 0.335 e. The fourth-order valence-electron chi connectivity index (χ4n) is 5.10. The summed E-state index contributed by atoms with van der Waals surface area (Å²) in [6, 6.07) is 0.616. The molecule has 0 saturated carbocycles. The van der Waals surface area contributed by atoms with Crippen LogP contribution in [0.25, 0.3) is 0 Å². The average molecular weight is 616 g/mol. The number of nitrogens with zero attached hydrogens (tertiary/aromatic N) is 2. The minimum atomic E-state index is -0.698. The Hall–Kier alpha value is -2.26. The Morgan fingerprint density at radius 3 is 2.05 bits per heavy atom. The number of ketones is 1. The van der Waals surface area contributed by atoms with Crippen LogP contribution in [0, 0.1) is 0 Å². The summed E-state index contributed by atoms with van der Waals surface area (Å²) in [4.78, 5) is 65.3. The van der Waals surface area contributed by atoms with Crippen molar-refractivity contribution in [2.24, 2.45) is 0 Å². The van der Waals surface area contributed by atoms with Gasteiger partial charge in [-0.25, -0.2) is 9.59 Å². The SMILES string of the molecule is CCN1C(=O)N[C@H]2CS[C@@H](CCCCC(=O)CCCOCCOCCOCCOCCC(=O)ON3C(=O)CCC3=O)[C@H]21. The Kier molecular flexibility index (Phi) is 15.6. The summed E-state index contributed by atoms with van der Waals surface area (Å²) in [5, 5.41) is 4.06. The summed E-state index contributed by atoms with van der Waals surface area (Å²) in [5.74, 6) is -0.467. The highest BCUT2D eigenvalue weighted by Crippen LogP contribution is 2.37. The molecule has 0 radical (unpaired) electrons. The molecule has 3 fully saturated rings. The molecule has 0 aliphatic carbocycles. The number of imide groups is 1. The number of Topliss-reactive ketones (excluding diaryl/α,β-unsaturated/α-hetero) is 1. The molecule has 0 spiro atoms. The number of urea groups is 1. The van der Waals surface area contributed by atoms with Crippen LogP contribution < -0.4 is 5.32 Å². The first-order valence-corrected chi connectivity index (χ1v) is 16.0. The van der Waals surface area contributed by atoms with E-state index in [-0.39, 0.29) is 50.3 Å². The number of fused-ring (bicyclic) bond motifs is 1. The van der Waals surface area contributed by atoms with E-state index in [2.05, 4.69) is 5.32 Å². The Morgan fingerprint density at radius 2 is 1.40 bits per heavy atom. The van der Waals surface area contributed by atoms with Gasteiger partial charge < -0.3 is 34.0 Å². The zero-order valence-electron chi connectivity index (χ0n) is 24.6. The first kappa shape index (κ1) is 34.2. The van der Waals surface area contributed by atoms with E-state index in [9.17, 15) is 24.0 Å². The van der Waals surface area contributed by atoms with Crippen LogP contribution in [-0.4, -0.2) is 122 Å². The second-order valence-corrected chi connectivity index (χ2v) is 11.6. The average Bonchev–Trinajstić information content (AvgIpc) is 3.61. The van der Waals surface area contributed by atoms with Crippen molar-refractivity contribution in [3.63, 3.8) is 0 Å². The summed E-state index contributed by atoms with van der Waals surface area (Å²) >= 11 is 1.94. The molecule has 1 N–H and O–H groups in total. The van der Waals surface area contributed by atoms with Crippen molar-refractivity contribution in [3.05, 3.63) is 0 Å². The Morgan fingerprint density at radius 1 is 0.810 bits per heavy atom. The number of carbonyl (C=O) groups excluding carboxylic acids is 5. The van der Waals surface area contributed by atoms with Crippen molar-refractivity contribution in [3.8, 4) is 0 Å². The van der Waals surface area contributed by atoms with Crippen LogP contribution in [0.4, 0.5) is 4.79 Å². The lowest BCUT2D eigenvalue weighted by molar-refractivity contribution is -0.198. The number of ether oxygens (including phenoxy) is 4. The fraction of sp³-hybridized carbons (Fsp3) is 0.821. The lowest BCUT2D eigenvalue weighted by Gasteiger charge is -2.26. The van der Waals surface area contributed by atoms with E-state index < -0.39 is 17.8 Å². The number of thioether (sulfide) groups is 1. The zero-order chi connectivity index (χ0) is 30.2. The molecule has 3 atom stereocenters. The van der Waals surface area contributed by atoms with Crippen LogP contribution >= 0.6 is 11.8 Å². The highest BCUT2D eigenvalue weighted by molar-refractivity contribution is 8.00. The molecule has 3 aliphatic rings. The van der Waals surface area contributed by atoms with Gasteiger partial charge in [0.05, 0.1) is 64.8 Å². The molecule has 14 heteroatoms. The van der Waals surface area contributed by atoms with Crippen molar-refractivity contribution >= 4 is 41.4 Å². The van der Waals surface area contributed by atoms with Crippen LogP contribution in [0.1, 0.15) is 64.7 Å². The Bertz CT molecular complexity index is 891. The third-order valence-corrected chi connectivity index (χ3v) is 8.75. The molecular formula is C28H45N3O10S. The number of hydrogen-bond acceptors (Lipinski definition) is 11. The smallest absolute Gasteiger partial charge is 0.335 e. The fourth-order valence-corrected chi connectivity index (χ4v) is 6.70. The predicted octanol–water partition coefficient (Wildman–Crippen LogP) is 1.86. The number of hydrogen-bond donors (Lipinski definition) is 1. The molecule has 13 nitrogen and oxygen atoms in total. The molecule has 0 unspecified atom stereocenters. The first-order chi connectivity index (χ1) is 20.4. The van der Waals surface area contributed by atoms with Gasteiger partial charge in [-0.1, -0.05) is 6.42 Å². The predicted molar refractivity (Wildman–Crippen MR) is 153 cm³/mol. The van der Waals surface area contributed by atoms with Gasteiger partial charge >= 0.3 is 12.0 Å². The summed E-state index contributed by atoms with van der Waals surface area (Å²) in [5.41, 5.74) is 0. The van der Waals surface area contributed by atoms with Crippen LogP contribution in [0.15, 0.2) is 0 Å². The number of rotatable bonds is 23. The molecule has 0 aromatic carbocycles. The normalized spacial score (nSPS) is 21.7. The maximum absolute atomic E-state index is 12.2. The largest absolute Gasteiger partial charge is 0.379 e. The standard InChI is InChI=1S/C28H45N3O10S/c1-2-30-27-22(29-28(30)36)20-42-23(27)8-4-3-6-21(32)7-5-12-37-14-16-39-18-19-40-17-15-38-13-11-26(35)41-31-24(33)9-10-25(31)34/h22-23,27H,2-20H2,1H3,(H,29,36)/t22-,23-,27-/m0/s1. The van der Waals surface area contributed by atoms with E-state index in [1.807, 2.05) is 23.6 Å². The topological polar surface area (TPSA) is 150 Å². The number of carbonyl (C=O) groups is 5. The van der Waals surface area contributed by atoms with E-state index in [0.29, 0.717) is 75.3 Å². The summed E-state index contributed by atoms with van der Waals surface area (Å²) < 4.78 is 21.7. The van der Waals surface area contributed by atoms with Gasteiger partial charge in [-0.2, -0.15) is 11.8 Å². The van der Waals surface area contributed by atoms with Gasteiger partial charge in [0.25, 0.3) is 11.8 Å². The lowest BCUT2D eigenvalue weighted by atomic mass is 10.0. The molecule has 3 aliphatic heterocycles. The minimum Gasteiger partial charge on any atom is -0.379 e. The Balaban J connectivity index is 1.03. The minimum absolute atomic E-state index is 0.0598. The second-order valence-electron chi connectivity index (χ2n) is 10.3. The molecule has 3 heterocycles. The van der Waals surface area contributed by atoms with Crippen LogP contribution in [0.3, 0.4) is 0 Å². The van der Waals surface area contributed by atoms with Crippen molar-refractivity contribution in [2.75, 3.05) is 65.2 Å².